The molecule has 2 unspecified atom stereocenters. The number of hydrogen-bond acceptors (Lipinski definition) is 10. The molecule has 2 atom stereocenters. The number of aliphatic hydroxyl groups is 2. The summed E-state index contributed by atoms with van der Waals surface area (Å²) >= 11 is 0. The Bertz CT molecular complexity index is 1080. The number of hydrogen-bond donors (Lipinski definition) is 3. The van der Waals surface area contributed by atoms with Crippen LogP contribution in [0.1, 0.15) is 12.0 Å². The van der Waals surface area contributed by atoms with Crippen molar-refractivity contribution in [1.82, 2.24) is 19.5 Å². The standard InChI is InChI=1S/C21H24N6O5/c22-10-14-1-2-19(23-11-14)27-13-24-15-9-18(32-8-7-30-6-4-28)20(26-21(15)27)25-16-12-31-5-3-17(16)29/h1-2,9,11,13,16-17,28-29H,3-8,12H2,(H,25,26). The normalized spacial score (nSPS) is 18.4. The minimum atomic E-state index is -0.577. The van der Waals surface area contributed by atoms with Gasteiger partial charge in [-0.1, -0.05) is 0 Å². The molecule has 1 aliphatic heterocycles. The lowest BCUT2D eigenvalue weighted by Crippen LogP contribution is -2.42. The van der Waals surface area contributed by atoms with Gasteiger partial charge < -0.3 is 29.7 Å². The molecule has 3 aromatic heterocycles. The second-order valence-corrected chi connectivity index (χ2v) is 7.18. The fourth-order valence-corrected chi connectivity index (χ4v) is 3.32. The molecular weight excluding hydrogens is 416 g/mol. The second kappa shape index (κ2) is 10.3. The van der Waals surface area contributed by atoms with E-state index in [1.54, 1.807) is 29.1 Å². The molecule has 0 aliphatic carbocycles. The van der Waals surface area contributed by atoms with Gasteiger partial charge in [-0.05, 0) is 18.6 Å². The molecule has 11 nitrogen and oxygen atoms in total. The summed E-state index contributed by atoms with van der Waals surface area (Å²) in [5.41, 5.74) is 1.59. The maximum atomic E-state index is 10.3. The Morgan fingerprint density at radius 2 is 2.19 bits per heavy atom. The SMILES string of the molecule is N#Cc1ccc(-n2cnc3cc(OCCOCCO)c(NC4COCCC4O)nc32)nc1. The first-order chi connectivity index (χ1) is 15.7. The molecule has 1 saturated heterocycles. The van der Waals surface area contributed by atoms with Gasteiger partial charge in [0.05, 0.1) is 44.1 Å². The smallest absolute Gasteiger partial charge is 0.171 e. The zero-order valence-corrected chi connectivity index (χ0v) is 17.3. The van der Waals surface area contributed by atoms with E-state index in [2.05, 4.69) is 15.3 Å². The topological polar surface area (TPSA) is 148 Å². The van der Waals surface area contributed by atoms with Crippen molar-refractivity contribution < 1.29 is 24.4 Å². The highest BCUT2D eigenvalue weighted by Crippen LogP contribution is 2.29. The van der Waals surface area contributed by atoms with Crippen LogP contribution in [0, 0.1) is 11.3 Å². The van der Waals surface area contributed by atoms with Crippen LogP contribution in [-0.2, 0) is 9.47 Å². The summed E-state index contributed by atoms with van der Waals surface area (Å²) in [7, 11) is 0. The average molecular weight is 440 g/mol. The van der Waals surface area contributed by atoms with Gasteiger partial charge in [0.15, 0.2) is 17.2 Å². The minimum absolute atomic E-state index is 0.0549. The van der Waals surface area contributed by atoms with Crippen molar-refractivity contribution in [3.05, 3.63) is 36.3 Å². The van der Waals surface area contributed by atoms with Crippen LogP contribution in [0.3, 0.4) is 0 Å². The summed E-state index contributed by atoms with van der Waals surface area (Å²) in [6, 6.07) is 6.85. The molecule has 168 valence electrons. The summed E-state index contributed by atoms with van der Waals surface area (Å²) < 4.78 is 18.3. The van der Waals surface area contributed by atoms with E-state index in [-0.39, 0.29) is 25.9 Å². The lowest BCUT2D eigenvalue weighted by molar-refractivity contribution is 0.00296. The maximum absolute atomic E-state index is 10.3. The fraction of sp³-hybridized carbons (Fsp3) is 0.429. The zero-order chi connectivity index (χ0) is 22.3. The molecule has 3 aromatic rings. The molecule has 4 heterocycles. The van der Waals surface area contributed by atoms with E-state index in [4.69, 9.17) is 29.6 Å². The first-order valence-electron chi connectivity index (χ1n) is 10.3. The first kappa shape index (κ1) is 21.9. The highest BCUT2D eigenvalue weighted by Gasteiger charge is 2.26. The molecule has 0 amide bonds. The Balaban J connectivity index is 1.65. The number of nitriles is 1. The van der Waals surface area contributed by atoms with Crippen molar-refractivity contribution >= 4 is 17.0 Å². The molecule has 4 rings (SSSR count). The number of aromatic nitrogens is 4. The number of nitrogens with zero attached hydrogens (tertiary/aromatic N) is 5. The number of imidazole rings is 1. The third-order valence-electron chi connectivity index (χ3n) is 4.98. The van der Waals surface area contributed by atoms with Gasteiger partial charge >= 0.3 is 0 Å². The highest BCUT2D eigenvalue weighted by molar-refractivity contribution is 5.78. The molecule has 11 heteroatoms. The fourth-order valence-electron chi connectivity index (χ4n) is 3.32. The Kier molecular flexibility index (Phi) is 7.08. The molecule has 0 aromatic carbocycles. The van der Waals surface area contributed by atoms with Crippen LogP contribution in [0.15, 0.2) is 30.7 Å². The van der Waals surface area contributed by atoms with Gasteiger partial charge in [-0.2, -0.15) is 5.26 Å². The number of ether oxygens (including phenoxy) is 3. The van der Waals surface area contributed by atoms with Gasteiger partial charge in [0.25, 0.3) is 0 Å². The van der Waals surface area contributed by atoms with E-state index in [9.17, 15) is 5.11 Å². The van der Waals surface area contributed by atoms with E-state index >= 15 is 0 Å². The monoisotopic (exact) mass is 440 g/mol. The van der Waals surface area contributed by atoms with Gasteiger partial charge in [0.2, 0.25) is 0 Å². The molecular formula is C21H24N6O5. The quantitative estimate of drug-likeness (QED) is 0.405. The van der Waals surface area contributed by atoms with Crippen molar-refractivity contribution in [3.63, 3.8) is 0 Å². The Labute approximate surface area is 184 Å². The van der Waals surface area contributed by atoms with E-state index in [1.807, 2.05) is 6.07 Å². The molecule has 1 fully saturated rings. The van der Waals surface area contributed by atoms with Crippen LogP contribution in [-0.4, -0.2) is 81.5 Å². The van der Waals surface area contributed by atoms with Crippen LogP contribution in [0.5, 0.6) is 5.75 Å². The van der Waals surface area contributed by atoms with Gasteiger partial charge in [0.1, 0.15) is 30.3 Å². The molecule has 0 bridgehead atoms. The molecule has 0 saturated carbocycles. The summed E-state index contributed by atoms with van der Waals surface area (Å²) in [4.78, 5) is 13.4. The number of pyridine rings is 2. The van der Waals surface area contributed by atoms with Crippen molar-refractivity contribution in [2.75, 3.05) is 45.0 Å². The zero-order valence-electron chi connectivity index (χ0n) is 17.3. The predicted molar refractivity (Wildman–Crippen MR) is 114 cm³/mol. The maximum Gasteiger partial charge on any atom is 0.171 e. The van der Waals surface area contributed by atoms with Gasteiger partial charge in [-0.25, -0.2) is 15.0 Å². The van der Waals surface area contributed by atoms with Crippen LogP contribution in [0.25, 0.3) is 17.0 Å². The molecule has 0 spiro atoms. The van der Waals surface area contributed by atoms with E-state index in [0.717, 1.165) is 0 Å². The predicted octanol–water partition coefficient (Wildman–Crippen LogP) is 0.637. The van der Waals surface area contributed by atoms with E-state index in [0.29, 0.717) is 60.4 Å². The number of nitrogens with one attached hydrogen (secondary N) is 1. The number of aliphatic hydroxyl groups excluding tert-OH is 2. The van der Waals surface area contributed by atoms with Gasteiger partial charge in [-0.3, -0.25) is 4.57 Å². The Morgan fingerprint density at radius 1 is 1.28 bits per heavy atom. The van der Waals surface area contributed by atoms with Crippen molar-refractivity contribution in [3.8, 4) is 17.6 Å². The summed E-state index contributed by atoms with van der Waals surface area (Å²) in [6.07, 6.45) is 3.03. The van der Waals surface area contributed by atoms with Crippen LogP contribution >= 0.6 is 0 Å². The van der Waals surface area contributed by atoms with Gasteiger partial charge in [-0.15, -0.1) is 0 Å². The van der Waals surface area contributed by atoms with Crippen molar-refractivity contribution in [2.45, 2.75) is 18.6 Å². The second-order valence-electron chi connectivity index (χ2n) is 7.18. The largest absolute Gasteiger partial charge is 0.487 e. The Hall–Kier alpha value is -3.30. The third-order valence-corrected chi connectivity index (χ3v) is 4.98. The summed E-state index contributed by atoms with van der Waals surface area (Å²) in [6.45, 7) is 1.59. The summed E-state index contributed by atoms with van der Waals surface area (Å²) in [5, 5.41) is 31.4. The van der Waals surface area contributed by atoms with Crippen molar-refractivity contribution in [2.24, 2.45) is 0 Å². The Morgan fingerprint density at radius 3 is 2.94 bits per heavy atom. The molecule has 1 aliphatic rings. The lowest BCUT2D eigenvalue weighted by Gasteiger charge is -2.29. The highest BCUT2D eigenvalue weighted by atomic mass is 16.5. The number of fused-ring (bicyclic) bond motifs is 1. The third kappa shape index (κ3) is 4.95. The van der Waals surface area contributed by atoms with Gasteiger partial charge in [0, 0.05) is 18.9 Å². The van der Waals surface area contributed by atoms with Crippen molar-refractivity contribution in [1.29, 1.82) is 5.26 Å². The lowest BCUT2D eigenvalue weighted by atomic mass is 10.1. The first-order valence-corrected chi connectivity index (χ1v) is 10.3. The number of rotatable bonds is 9. The van der Waals surface area contributed by atoms with E-state index < -0.39 is 6.10 Å². The van der Waals surface area contributed by atoms with Crippen LogP contribution in [0.4, 0.5) is 5.82 Å². The average Bonchev–Trinajstić information content (AvgIpc) is 3.23. The van der Waals surface area contributed by atoms with Crippen LogP contribution in [0.2, 0.25) is 0 Å². The van der Waals surface area contributed by atoms with E-state index in [1.165, 1.54) is 6.20 Å². The molecule has 32 heavy (non-hydrogen) atoms. The molecule has 0 radical (unpaired) electrons. The minimum Gasteiger partial charge on any atom is -0.487 e. The van der Waals surface area contributed by atoms with Crippen LogP contribution < -0.4 is 10.1 Å². The summed E-state index contributed by atoms with van der Waals surface area (Å²) in [5.74, 6) is 1.46. The number of anilines is 1. The molecule has 3 N–H and O–H groups in total.